The van der Waals surface area contributed by atoms with Crippen LogP contribution in [0, 0.1) is 6.92 Å². The third-order valence-electron chi connectivity index (χ3n) is 4.66. The Labute approximate surface area is 146 Å². The topological polar surface area (TPSA) is 61.4 Å². The van der Waals surface area contributed by atoms with E-state index in [0.29, 0.717) is 0 Å². The molecule has 3 rings (SSSR count). The van der Waals surface area contributed by atoms with Crippen LogP contribution in [0.2, 0.25) is 0 Å². The molecular formula is C19H24N2O2S. The molecule has 1 aliphatic carbocycles. The van der Waals surface area contributed by atoms with Crippen LogP contribution in [0.3, 0.4) is 0 Å². The number of nitrogens with one attached hydrogen (secondary N) is 2. The Morgan fingerprint density at radius 1 is 1.42 bits per heavy atom. The Hall–Kier alpha value is -1.85. The molecule has 0 aliphatic heterocycles. The molecule has 0 bridgehead atoms. The average molecular weight is 344 g/mol. The summed E-state index contributed by atoms with van der Waals surface area (Å²) in [6, 6.07) is 8.15. The maximum atomic E-state index is 12.3. The summed E-state index contributed by atoms with van der Waals surface area (Å²) in [6.07, 6.45) is 3.10. The predicted octanol–water partition coefficient (Wildman–Crippen LogP) is 3.64. The van der Waals surface area contributed by atoms with Gasteiger partial charge in [0.1, 0.15) is 5.60 Å². The first-order valence-electron chi connectivity index (χ1n) is 8.34. The van der Waals surface area contributed by atoms with Gasteiger partial charge >= 0.3 is 6.03 Å². The normalized spacial score (nSPS) is 19.2. The van der Waals surface area contributed by atoms with Crippen LogP contribution in [0.25, 0.3) is 0 Å². The SMILES string of the molecule is Cc1ccc2c(c1)[C@@H](NC(=O)NCC(C)(O)c1ccsc1)CCC2. The van der Waals surface area contributed by atoms with E-state index in [9.17, 15) is 9.90 Å². The summed E-state index contributed by atoms with van der Waals surface area (Å²) >= 11 is 1.53. The van der Waals surface area contributed by atoms with Crippen molar-refractivity contribution in [1.29, 1.82) is 0 Å². The standard InChI is InChI=1S/C19H24N2O2S/c1-13-6-7-14-4-3-5-17(16(14)10-13)21-18(22)20-12-19(2,23)15-8-9-24-11-15/h6-11,17,23H,3-5,12H2,1-2H3,(H2,20,21,22)/t17-,19?/m0/s1. The van der Waals surface area contributed by atoms with Gasteiger partial charge in [-0.05, 0) is 66.6 Å². The van der Waals surface area contributed by atoms with Gasteiger partial charge in [0.2, 0.25) is 0 Å². The molecule has 1 aromatic carbocycles. The lowest BCUT2D eigenvalue weighted by atomic mass is 9.87. The van der Waals surface area contributed by atoms with Gasteiger partial charge in [-0.1, -0.05) is 23.8 Å². The van der Waals surface area contributed by atoms with Gasteiger partial charge in [0.15, 0.2) is 0 Å². The van der Waals surface area contributed by atoms with Gasteiger partial charge in [-0.3, -0.25) is 0 Å². The second kappa shape index (κ2) is 6.95. The zero-order valence-electron chi connectivity index (χ0n) is 14.1. The van der Waals surface area contributed by atoms with Gasteiger partial charge in [0, 0.05) is 0 Å². The van der Waals surface area contributed by atoms with E-state index in [4.69, 9.17) is 0 Å². The molecule has 3 N–H and O–H groups in total. The molecule has 2 amide bonds. The van der Waals surface area contributed by atoms with Crippen LogP contribution in [-0.4, -0.2) is 17.7 Å². The summed E-state index contributed by atoms with van der Waals surface area (Å²) in [5.74, 6) is 0. The molecule has 2 atom stereocenters. The Morgan fingerprint density at radius 3 is 3.00 bits per heavy atom. The molecule has 0 spiro atoms. The summed E-state index contributed by atoms with van der Waals surface area (Å²) in [6.45, 7) is 3.97. The predicted molar refractivity (Wildman–Crippen MR) is 97.3 cm³/mol. The molecule has 1 heterocycles. The molecule has 2 aromatic rings. The Morgan fingerprint density at radius 2 is 2.25 bits per heavy atom. The number of hydrogen-bond acceptors (Lipinski definition) is 3. The number of aliphatic hydroxyl groups is 1. The first-order valence-corrected chi connectivity index (χ1v) is 9.29. The van der Waals surface area contributed by atoms with Crippen molar-refractivity contribution in [3.63, 3.8) is 0 Å². The smallest absolute Gasteiger partial charge is 0.315 e. The Bertz CT molecular complexity index is 710. The summed E-state index contributed by atoms with van der Waals surface area (Å²) < 4.78 is 0. The molecule has 1 aliphatic rings. The van der Waals surface area contributed by atoms with E-state index >= 15 is 0 Å². The van der Waals surface area contributed by atoms with Crippen LogP contribution >= 0.6 is 11.3 Å². The molecule has 0 saturated carbocycles. The lowest BCUT2D eigenvalue weighted by molar-refractivity contribution is 0.0597. The number of urea groups is 1. The number of amides is 2. The zero-order valence-corrected chi connectivity index (χ0v) is 15.0. The summed E-state index contributed by atoms with van der Waals surface area (Å²) in [5.41, 5.74) is 3.52. The van der Waals surface area contributed by atoms with Crippen molar-refractivity contribution in [2.75, 3.05) is 6.54 Å². The fourth-order valence-corrected chi connectivity index (χ4v) is 3.99. The minimum absolute atomic E-state index is 0.0414. The highest BCUT2D eigenvalue weighted by molar-refractivity contribution is 7.08. The molecule has 1 unspecified atom stereocenters. The molecule has 0 fully saturated rings. The zero-order chi connectivity index (χ0) is 17.2. The fraction of sp³-hybridized carbons (Fsp3) is 0.421. The van der Waals surface area contributed by atoms with Crippen molar-refractivity contribution in [3.05, 3.63) is 57.3 Å². The van der Waals surface area contributed by atoms with Crippen molar-refractivity contribution >= 4 is 17.4 Å². The van der Waals surface area contributed by atoms with E-state index in [0.717, 1.165) is 24.8 Å². The van der Waals surface area contributed by atoms with E-state index in [1.807, 2.05) is 16.8 Å². The molecule has 128 valence electrons. The van der Waals surface area contributed by atoms with Crippen molar-refractivity contribution in [2.45, 2.75) is 44.8 Å². The van der Waals surface area contributed by atoms with Crippen molar-refractivity contribution in [1.82, 2.24) is 10.6 Å². The maximum absolute atomic E-state index is 12.3. The second-order valence-electron chi connectivity index (χ2n) is 6.76. The fourth-order valence-electron chi connectivity index (χ4n) is 3.20. The van der Waals surface area contributed by atoms with E-state index in [2.05, 4.69) is 35.8 Å². The third-order valence-corrected chi connectivity index (χ3v) is 5.34. The van der Waals surface area contributed by atoms with Gasteiger partial charge in [0.05, 0.1) is 12.6 Å². The van der Waals surface area contributed by atoms with Gasteiger partial charge in [-0.2, -0.15) is 11.3 Å². The first kappa shape index (κ1) is 17.0. The summed E-state index contributed by atoms with van der Waals surface area (Å²) in [4.78, 5) is 12.3. The van der Waals surface area contributed by atoms with E-state index in [1.165, 1.54) is 28.0 Å². The lowest BCUT2D eigenvalue weighted by Gasteiger charge is -2.28. The van der Waals surface area contributed by atoms with E-state index < -0.39 is 5.60 Å². The van der Waals surface area contributed by atoms with E-state index in [-0.39, 0.29) is 18.6 Å². The number of hydrogen-bond donors (Lipinski definition) is 3. The molecule has 0 saturated heterocycles. The largest absolute Gasteiger partial charge is 0.384 e. The third kappa shape index (κ3) is 3.79. The highest BCUT2D eigenvalue weighted by atomic mass is 32.1. The van der Waals surface area contributed by atoms with Gasteiger partial charge in [-0.15, -0.1) is 0 Å². The van der Waals surface area contributed by atoms with Crippen LogP contribution in [0.1, 0.15) is 48.1 Å². The number of rotatable bonds is 4. The molecule has 4 nitrogen and oxygen atoms in total. The average Bonchev–Trinajstić information content (AvgIpc) is 3.09. The quantitative estimate of drug-likeness (QED) is 0.793. The highest BCUT2D eigenvalue weighted by Crippen LogP contribution is 2.30. The molecule has 1 aromatic heterocycles. The number of aryl methyl sites for hydroxylation is 2. The van der Waals surface area contributed by atoms with Crippen LogP contribution in [0.5, 0.6) is 0 Å². The van der Waals surface area contributed by atoms with Crippen LogP contribution in [0.15, 0.2) is 35.0 Å². The number of carbonyl (C=O) groups excluding carboxylic acids is 1. The number of benzene rings is 1. The second-order valence-corrected chi connectivity index (χ2v) is 7.54. The first-order chi connectivity index (χ1) is 11.5. The van der Waals surface area contributed by atoms with E-state index in [1.54, 1.807) is 6.92 Å². The van der Waals surface area contributed by atoms with Crippen LogP contribution in [0.4, 0.5) is 4.79 Å². The van der Waals surface area contributed by atoms with Crippen molar-refractivity contribution < 1.29 is 9.90 Å². The number of thiophene rings is 1. The lowest BCUT2D eigenvalue weighted by Crippen LogP contribution is -2.44. The summed E-state index contributed by atoms with van der Waals surface area (Å²) in [5, 5.41) is 20.2. The van der Waals surface area contributed by atoms with Gasteiger partial charge in [0.25, 0.3) is 0 Å². The van der Waals surface area contributed by atoms with Crippen LogP contribution < -0.4 is 10.6 Å². The van der Waals surface area contributed by atoms with Gasteiger partial charge < -0.3 is 15.7 Å². The minimum Gasteiger partial charge on any atom is -0.384 e. The number of fused-ring (bicyclic) bond motifs is 1. The number of carbonyl (C=O) groups is 1. The van der Waals surface area contributed by atoms with Crippen molar-refractivity contribution in [3.8, 4) is 0 Å². The van der Waals surface area contributed by atoms with Gasteiger partial charge in [-0.25, -0.2) is 4.79 Å². The molecule has 24 heavy (non-hydrogen) atoms. The molecular weight excluding hydrogens is 320 g/mol. The van der Waals surface area contributed by atoms with Crippen LogP contribution in [-0.2, 0) is 12.0 Å². The minimum atomic E-state index is -1.06. The summed E-state index contributed by atoms with van der Waals surface area (Å²) in [7, 11) is 0. The highest BCUT2D eigenvalue weighted by Gasteiger charge is 2.26. The van der Waals surface area contributed by atoms with Crippen molar-refractivity contribution in [2.24, 2.45) is 0 Å². The maximum Gasteiger partial charge on any atom is 0.315 e. The molecule has 0 radical (unpaired) electrons. The Kier molecular flexibility index (Phi) is 4.92. The Balaban J connectivity index is 1.61. The monoisotopic (exact) mass is 344 g/mol. The molecule has 5 heteroatoms.